The molecule has 1 aromatic rings. The van der Waals surface area contributed by atoms with Crippen LogP contribution in [0.15, 0.2) is 30.3 Å². The predicted octanol–water partition coefficient (Wildman–Crippen LogP) is 1.14. The number of amides is 1. The molecule has 0 aromatic heterocycles. The van der Waals surface area contributed by atoms with Crippen molar-refractivity contribution >= 4 is 11.9 Å². The van der Waals surface area contributed by atoms with Crippen molar-refractivity contribution in [3.63, 3.8) is 0 Å². The lowest BCUT2D eigenvalue weighted by atomic mass is 10.1. The van der Waals surface area contributed by atoms with Crippen molar-refractivity contribution in [2.75, 3.05) is 26.7 Å². The Balaban J connectivity index is 2.09. The largest absolute Gasteiger partial charge is 0.481 e. The average Bonchev–Trinajstić information content (AvgIpc) is 2.42. The Bertz CT molecular complexity index is 420. The molecule has 0 bridgehead atoms. The molecule has 0 aliphatic heterocycles. The molecule has 0 aliphatic rings. The quantitative estimate of drug-likeness (QED) is 0.665. The molecule has 1 amide bonds. The van der Waals surface area contributed by atoms with Crippen LogP contribution in [0, 0.1) is 0 Å². The molecule has 0 heterocycles. The van der Waals surface area contributed by atoms with Crippen molar-refractivity contribution in [3.8, 4) is 0 Å². The summed E-state index contributed by atoms with van der Waals surface area (Å²) in [7, 11) is 1.74. The fourth-order valence-corrected chi connectivity index (χ4v) is 1.83. The molecule has 0 unspecified atom stereocenters. The van der Waals surface area contributed by atoms with Gasteiger partial charge >= 0.3 is 5.97 Å². The molecule has 2 N–H and O–H groups in total. The van der Waals surface area contributed by atoms with Crippen LogP contribution < -0.4 is 5.32 Å². The summed E-state index contributed by atoms with van der Waals surface area (Å²) < 4.78 is 0. The second-order valence-corrected chi connectivity index (χ2v) is 4.82. The lowest BCUT2D eigenvalue weighted by molar-refractivity contribution is -0.137. The van der Waals surface area contributed by atoms with Crippen molar-refractivity contribution < 1.29 is 14.7 Å². The molecule has 20 heavy (non-hydrogen) atoms. The molecule has 0 radical (unpaired) electrons. The Labute approximate surface area is 119 Å². The van der Waals surface area contributed by atoms with Crippen LogP contribution in [-0.4, -0.2) is 48.6 Å². The highest BCUT2D eigenvalue weighted by atomic mass is 16.4. The van der Waals surface area contributed by atoms with E-state index in [1.807, 2.05) is 18.2 Å². The molecule has 0 atom stereocenters. The van der Waals surface area contributed by atoms with Gasteiger partial charge in [-0.2, -0.15) is 0 Å². The average molecular weight is 278 g/mol. The monoisotopic (exact) mass is 278 g/mol. The molecule has 5 nitrogen and oxygen atoms in total. The third-order valence-corrected chi connectivity index (χ3v) is 2.93. The lowest BCUT2D eigenvalue weighted by Crippen LogP contribution is -2.36. The Morgan fingerprint density at radius 1 is 1.25 bits per heavy atom. The maximum Gasteiger partial charge on any atom is 0.304 e. The zero-order valence-corrected chi connectivity index (χ0v) is 11.8. The van der Waals surface area contributed by atoms with Gasteiger partial charge in [0.05, 0.1) is 13.0 Å². The minimum atomic E-state index is -0.847. The number of aryl methyl sites for hydroxylation is 1. The summed E-state index contributed by atoms with van der Waals surface area (Å²) in [6.07, 6.45) is 1.89. The van der Waals surface area contributed by atoms with Crippen LogP contribution in [0.1, 0.15) is 18.4 Å². The van der Waals surface area contributed by atoms with E-state index in [-0.39, 0.29) is 18.9 Å². The topological polar surface area (TPSA) is 69.6 Å². The first-order valence-corrected chi connectivity index (χ1v) is 6.79. The molecule has 5 heteroatoms. The van der Waals surface area contributed by atoms with Gasteiger partial charge in [0, 0.05) is 13.1 Å². The van der Waals surface area contributed by atoms with E-state index in [0.717, 1.165) is 12.8 Å². The minimum Gasteiger partial charge on any atom is -0.481 e. The van der Waals surface area contributed by atoms with Gasteiger partial charge in [0.25, 0.3) is 0 Å². The number of likely N-dealkylation sites (N-methyl/N-ethyl adjacent to an activating group) is 1. The number of hydrogen-bond acceptors (Lipinski definition) is 3. The Morgan fingerprint density at radius 3 is 2.60 bits per heavy atom. The molecule has 0 aliphatic carbocycles. The van der Waals surface area contributed by atoms with Gasteiger partial charge in [0.1, 0.15) is 0 Å². The van der Waals surface area contributed by atoms with Gasteiger partial charge in [0.15, 0.2) is 0 Å². The Kier molecular flexibility index (Phi) is 7.35. The van der Waals surface area contributed by atoms with Gasteiger partial charge in [-0.1, -0.05) is 30.3 Å². The molecule has 0 spiro atoms. The number of carbonyl (C=O) groups excluding carboxylic acids is 1. The van der Waals surface area contributed by atoms with E-state index in [4.69, 9.17) is 5.11 Å². The smallest absolute Gasteiger partial charge is 0.304 e. The molecule has 110 valence electrons. The van der Waals surface area contributed by atoms with Crippen LogP contribution >= 0.6 is 0 Å². The van der Waals surface area contributed by atoms with Crippen molar-refractivity contribution in [1.82, 2.24) is 10.2 Å². The maximum absolute atomic E-state index is 11.6. The molecule has 1 rings (SSSR count). The van der Waals surface area contributed by atoms with E-state index in [1.54, 1.807) is 11.9 Å². The van der Waals surface area contributed by atoms with Crippen molar-refractivity contribution in [2.24, 2.45) is 0 Å². The second-order valence-electron chi connectivity index (χ2n) is 4.82. The van der Waals surface area contributed by atoms with E-state index < -0.39 is 5.97 Å². The minimum absolute atomic E-state index is 0.0534. The number of carboxylic acids is 1. The molecule has 1 aromatic carbocycles. The van der Waals surface area contributed by atoms with E-state index in [2.05, 4.69) is 17.4 Å². The normalized spacial score (nSPS) is 10.5. The first-order valence-electron chi connectivity index (χ1n) is 6.79. The number of nitrogens with one attached hydrogen (secondary N) is 1. The van der Waals surface area contributed by atoms with Gasteiger partial charge in [-0.25, -0.2) is 0 Å². The van der Waals surface area contributed by atoms with E-state index in [1.165, 1.54) is 5.56 Å². The third-order valence-electron chi connectivity index (χ3n) is 2.93. The van der Waals surface area contributed by atoms with Gasteiger partial charge in [-0.05, 0) is 25.5 Å². The lowest BCUT2D eigenvalue weighted by Gasteiger charge is -2.14. The highest BCUT2D eigenvalue weighted by Gasteiger charge is 2.07. The number of hydrogen-bond donors (Lipinski definition) is 2. The number of carboxylic acid groups (broad SMARTS) is 1. The molecule has 0 saturated carbocycles. The highest BCUT2D eigenvalue weighted by Crippen LogP contribution is 2.01. The number of benzene rings is 1. The Hall–Kier alpha value is -1.88. The number of carbonyl (C=O) groups is 2. The molecule has 0 saturated heterocycles. The standard InChI is InChI=1S/C15H22N2O3/c1-17(11-9-15(19)20)12-14(18)16-10-5-8-13-6-3-2-4-7-13/h2-4,6-7H,5,8-12H2,1H3,(H,16,18)(H,19,20). The van der Waals surface area contributed by atoms with Crippen LogP contribution in [0.2, 0.25) is 0 Å². The van der Waals surface area contributed by atoms with Gasteiger partial charge in [-0.3, -0.25) is 14.5 Å². The molecular formula is C15H22N2O3. The zero-order chi connectivity index (χ0) is 14.8. The van der Waals surface area contributed by atoms with Crippen molar-refractivity contribution in [1.29, 1.82) is 0 Å². The fraction of sp³-hybridized carbons (Fsp3) is 0.467. The predicted molar refractivity (Wildman–Crippen MR) is 77.5 cm³/mol. The van der Waals surface area contributed by atoms with E-state index >= 15 is 0 Å². The Morgan fingerprint density at radius 2 is 1.95 bits per heavy atom. The van der Waals surface area contributed by atoms with Crippen LogP contribution in [0.5, 0.6) is 0 Å². The SMILES string of the molecule is CN(CCC(=O)O)CC(=O)NCCCc1ccccc1. The van der Waals surface area contributed by atoms with Gasteiger partial charge in [-0.15, -0.1) is 0 Å². The zero-order valence-electron chi connectivity index (χ0n) is 11.8. The summed E-state index contributed by atoms with van der Waals surface area (Å²) in [5.41, 5.74) is 1.26. The summed E-state index contributed by atoms with van der Waals surface area (Å²) in [6.45, 7) is 1.26. The van der Waals surface area contributed by atoms with Crippen LogP contribution in [-0.2, 0) is 16.0 Å². The second kappa shape index (κ2) is 9.09. The number of rotatable bonds is 9. The first kappa shape index (κ1) is 16.2. The van der Waals surface area contributed by atoms with Crippen LogP contribution in [0.4, 0.5) is 0 Å². The van der Waals surface area contributed by atoms with Crippen molar-refractivity contribution in [3.05, 3.63) is 35.9 Å². The van der Waals surface area contributed by atoms with Crippen LogP contribution in [0.3, 0.4) is 0 Å². The van der Waals surface area contributed by atoms with E-state index in [9.17, 15) is 9.59 Å². The summed E-state index contributed by atoms with van der Waals surface area (Å²) in [5.74, 6) is -0.911. The summed E-state index contributed by atoms with van der Waals surface area (Å²) >= 11 is 0. The molecule has 0 fully saturated rings. The number of nitrogens with zero attached hydrogens (tertiary/aromatic N) is 1. The van der Waals surface area contributed by atoms with Crippen LogP contribution in [0.25, 0.3) is 0 Å². The van der Waals surface area contributed by atoms with Gasteiger partial charge in [0.2, 0.25) is 5.91 Å². The summed E-state index contributed by atoms with van der Waals surface area (Å²) in [4.78, 5) is 23.7. The summed E-state index contributed by atoms with van der Waals surface area (Å²) in [6, 6.07) is 10.1. The fourth-order valence-electron chi connectivity index (χ4n) is 1.83. The third kappa shape index (κ3) is 7.53. The van der Waals surface area contributed by atoms with E-state index in [0.29, 0.717) is 13.1 Å². The first-order chi connectivity index (χ1) is 9.58. The molecular weight excluding hydrogens is 256 g/mol. The number of aliphatic carboxylic acids is 1. The van der Waals surface area contributed by atoms with Crippen molar-refractivity contribution in [2.45, 2.75) is 19.3 Å². The maximum atomic E-state index is 11.6. The summed E-state index contributed by atoms with van der Waals surface area (Å²) in [5, 5.41) is 11.4. The highest BCUT2D eigenvalue weighted by molar-refractivity contribution is 5.78. The van der Waals surface area contributed by atoms with Gasteiger partial charge < -0.3 is 10.4 Å².